The Morgan fingerprint density at radius 1 is 1.07 bits per heavy atom. The van der Waals surface area contributed by atoms with Crippen LogP contribution in [0.1, 0.15) is 30.4 Å². The molecule has 3 amide bonds. The zero-order valence-electron chi connectivity index (χ0n) is 23.9. The van der Waals surface area contributed by atoms with Gasteiger partial charge in [0.15, 0.2) is 0 Å². The summed E-state index contributed by atoms with van der Waals surface area (Å²) in [5.74, 6) is -0.719. The molecule has 2 aromatic carbocycles. The topological polar surface area (TPSA) is 114 Å². The number of thiophene rings is 1. The Balaban J connectivity index is 1.85. The SMILES string of the molecule is CCC(N)COCC(=O)N(C)[C@H](Cc1csc2ccccc12)C(=O)N(C)CC(C(=O)NC)c1ccc(OC)cc1. The number of nitrogens with zero attached hydrogens (tertiary/aromatic N) is 2. The number of fused-ring (bicyclic) bond motifs is 1. The quantitative estimate of drug-likeness (QED) is 0.309. The van der Waals surface area contributed by atoms with Crippen LogP contribution in [0.3, 0.4) is 0 Å². The fourth-order valence-corrected chi connectivity index (χ4v) is 5.42. The van der Waals surface area contributed by atoms with E-state index in [1.807, 2.05) is 48.7 Å². The molecule has 3 aromatic rings. The molecule has 0 saturated heterocycles. The van der Waals surface area contributed by atoms with E-state index in [2.05, 4.69) is 5.32 Å². The summed E-state index contributed by atoms with van der Waals surface area (Å²) in [6, 6.07) is 14.3. The number of rotatable bonds is 14. The molecule has 0 fully saturated rings. The lowest BCUT2D eigenvalue weighted by Gasteiger charge is -2.32. The Labute approximate surface area is 240 Å². The molecular weight excluding hydrogens is 528 g/mol. The van der Waals surface area contributed by atoms with Crippen LogP contribution in [0.2, 0.25) is 0 Å². The van der Waals surface area contributed by atoms with Crippen molar-refractivity contribution in [2.45, 2.75) is 37.8 Å². The van der Waals surface area contributed by atoms with Gasteiger partial charge in [0, 0.05) is 44.9 Å². The van der Waals surface area contributed by atoms with Gasteiger partial charge < -0.3 is 30.3 Å². The third-order valence-electron chi connectivity index (χ3n) is 7.12. The summed E-state index contributed by atoms with van der Waals surface area (Å²) in [6.07, 6.45) is 1.07. The van der Waals surface area contributed by atoms with Gasteiger partial charge in [0.2, 0.25) is 17.7 Å². The standard InChI is InChI=1S/C30H40N4O5S/c1-6-22(31)17-39-18-28(35)34(4)26(15-21-19-40-27-10-8-7-9-24(21)27)30(37)33(3)16-25(29(36)32-2)20-11-13-23(38-5)14-12-20/h7-14,19,22,25-26H,6,15-18,31H2,1-5H3,(H,32,36)/t22?,25?,26-/m1/s1. The molecule has 10 heteroatoms. The molecule has 0 spiro atoms. The fourth-order valence-electron chi connectivity index (χ4n) is 4.45. The van der Waals surface area contributed by atoms with Crippen LogP contribution in [0.4, 0.5) is 0 Å². The lowest BCUT2D eigenvalue weighted by Crippen LogP contribution is -2.51. The highest BCUT2D eigenvalue weighted by Crippen LogP contribution is 2.28. The van der Waals surface area contributed by atoms with E-state index in [0.717, 1.165) is 27.6 Å². The van der Waals surface area contributed by atoms with Gasteiger partial charge in [-0.15, -0.1) is 11.3 Å². The molecule has 0 aliphatic heterocycles. The van der Waals surface area contributed by atoms with Crippen LogP contribution < -0.4 is 15.8 Å². The molecule has 0 bridgehead atoms. The van der Waals surface area contributed by atoms with E-state index in [0.29, 0.717) is 12.2 Å². The Bertz CT molecular complexity index is 1280. The minimum atomic E-state index is -0.792. The van der Waals surface area contributed by atoms with Gasteiger partial charge >= 0.3 is 0 Å². The number of carbonyl (C=O) groups excluding carboxylic acids is 3. The molecule has 3 atom stereocenters. The summed E-state index contributed by atoms with van der Waals surface area (Å²) in [5.41, 5.74) is 7.66. The van der Waals surface area contributed by atoms with E-state index in [1.165, 1.54) is 9.80 Å². The molecule has 40 heavy (non-hydrogen) atoms. The highest BCUT2D eigenvalue weighted by Gasteiger charge is 2.32. The van der Waals surface area contributed by atoms with Gasteiger partial charge in [0.05, 0.1) is 19.6 Å². The minimum Gasteiger partial charge on any atom is -0.497 e. The van der Waals surface area contributed by atoms with Crippen LogP contribution >= 0.6 is 11.3 Å². The largest absolute Gasteiger partial charge is 0.497 e. The second kappa shape index (κ2) is 14.8. The van der Waals surface area contributed by atoms with Crippen LogP contribution in [0.5, 0.6) is 5.75 Å². The summed E-state index contributed by atoms with van der Waals surface area (Å²) < 4.78 is 11.9. The van der Waals surface area contributed by atoms with Crippen molar-refractivity contribution in [3.05, 3.63) is 65.0 Å². The van der Waals surface area contributed by atoms with Gasteiger partial charge in [-0.2, -0.15) is 0 Å². The van der Waals surface area contributed by atoms with Crippen molar-refractivity contribution >= 4 is 39.1 Å². The Morgan fingerprint density at radius 2 is 1.77 bits per heavy atom. The molecular formula is C30H40N4O5S. The van der Waals surface area contributed by atoms with E-state index in [1.54, 1.807) is 51.7 Å². The fraction of sp³-hybridized carbons (Fsp3) is 0.433. The summed E-state index contributed by atoms with van der Waals surface area (Å²) >= 11 is 1.60. The molecule has 0 radical (unpaired) electrons. The van der Waals surface area contributed by atoms with Gasteiger partial charge in [-0.3, -0.25) is 14.4 Å². The minimum absolute atomic E-state index is 0.135. The maximum absolute atomic E-state index is 14.0. The zero-order valence-corrected chi connectivity index (χ0v) is 24.7. The second-order valence-corrected chi connectivity index (χ2v) is 10.7. The summed E-state index contributed by atoms with van der Waals surface area (Å²) in [5, 5.41) is 5.79. The van der Waals surface area contributed by atoms with Gasteiger partial charge in [0.1, 0.15) is 18.4 Å². The first-order valence-electron chi connectivity index (χ1n) is 13.3. The molecule has 9 nitrogen and oxygen atoms in total. The number of hydrogen-bond acceptors (Lipinski definition) is 7. The third kappa shape index (κ3) is 7.80. The second-order valence-electron chi connectivity index (χ2n) is 9.82. The number of hydrogen-bond donors (Lipinski definition) is 2. The summed E-state index contributed by atoms with van der Waals surface area (Å²) in [4.78, 5) is 43.0. The molecule has 1 aromatic heterocycles. The lowest BCUT2D eigenvalue weighted by atomic mass is 9.96. The molecule has 3 rings (SSSR count). The van der Waals surface area contributed by atoms with Crippen LogP contribution in [-0.4, -0.2) is 87.6 Å². The van der Waals surface area contributed by atoms with E-state index >= 15 is 0 Å². The molecule has 1 heterocycles. The van der Waals surface area contributed by atoms with Gasteiger partial charge in [0.25, 0.3) is 0 Å². The normalized spacial score (nSPS) is 13.3. The van der Waals surface area contributed by atoms with Crippen molar-refractivity contribution in [1.29, 1.82) is 0 Å². The van der Waals surface area contributed by atoms with Crippen molar-refractivity contribution in [1.82, 2.24) is 15.1 Å². The molecule has 216 valence electrons. The maximum atomic E-state index is 14.0. The van der Waals surface area contributed by atoms with Crippen LogP contribution in [0.15, 0.2) is 53.9 Å². The number of nitrogens with two attached hydrogens (primary N) is 1. The van der Waals surface area contributed by atoms with Crippen LogP contribution in [0, 0.1) is 0 Å². The van der Waals surface area contributed by atoms with Gasteiger partial charge in [-0.1, -0.05) is 37.3 Å². The number of nitrogens with one attached hydrogen (secondary N) is 1. The Morgan fingerprint density at radius 3 is 2.42 bits per heavy atom. The van der Waals surface area contributed by atoms with Crippen LogP contribution in [0.25, 0.3) is 10.1 Å². The third-order valence-corrected chi connectivity index (χ3v) is 8.13. The molecule has 0 aliphatic carbocycles. The Hall–Kier alpha value is -3.47. The highest BCUT2D eigenvalue weighted by molar-refractivity contribution is 7.17. The Kier molecular flexibility index (Phi) is 11.5. The predicted octanol–water partition coefficient (Wildman–Crippen LogP) is 3.02. The van der Waals surface area contributed by atoms with Crippen molar-refractivity contribution in [3.63, 3.8) is 0 Å². The van der Waals surface area contributed by atoms with E-state index < -0.39 is 12.0 Å². The average molecular weight is 569 g/mol. The van der Waals surface area contributed by atoms with Gasteiger partial charge in [-0.25, -0.2) is 0 Å². The van der Waals surface area contributed by atoms with Crippen molar-refractivity contribution in [3.8, 4) is 5.75 Å². The number of methoxy groups -OCH3 is 1. The number of carbonyl (C=O) groups is 3. The van der Waals surface area contributed by atoms with E-state index in [4.69, 9.17) is 15.2 Å². The number of benzene rings is 2. The number of amides is 3. The summed E-state index contributed by atoms with van der Waals surface area (Å²) in [6.45, 7) is 2.18. The van der Waals surface area contributed by atoms with E-state index in [-0.39, 0.29) is 43.5 Å². The predicted molar refractivity (Wildman–Crippen MR) is 159 cm³/mol. The first-order valence-corrected chi connectivity index (χ1v) is 14.2. The summed E-state index contributed by atoms with van der Waals surface area (Å²) in [7, 11) is 6.43. The smallest absolute Gasteiger partial charge is 0.249 e. The van der Waals surface area contributed by atoms with Crippen LogP contribution in [-0.2, 0) is 25.5 Å². The molecule has 0 saturated carbocycles. The number of ether oxygens (including phenoxy) is 2. The van der Waals surface area contributed by atoms with Crippen molar-refractivity contribution in [2.75, 3.05) is 48.0 Å². The first-order chi connectivity index (χ1) is 19.2. The van der Waals surface area contributed by atoms with E-state index in [9.17, 15) is 14.4 Å². The number of likely N-dealkylation sites (N-methyl/N-ethyl adjacent to an activating group) is 3. The average Bonchev–Trinajstić information content (AvgIpc) is 3.40. The van der Waals surface area contributed by atoms with Crippen molar-refractivity contribution < 1.29 is 23.9 Å². The molecule has 0 aliphatic rings. The monoisotopic (exact) mass is 568 g/mol. The molecule has 3 N–H and O–H groups in total. The maximum Gasteiger partial charge on any atom is 0.249 e. The molecule has 2 unspecified atom stereocenters. The highest BCUT2D eigenvalue weighted by atomic mass is 32.1. The zero-order chi connectivity index (χ0) is 29.2. The lowest BCUT2D eigenvalue weighted by molar-refractivity contribution is -0.146. The van der Waals surface area contributed by atoms with Gasteiger partial charge in [-0.05, 0) is 46.5 Å². The first kappa shape index (κ1) is 31.1. The van der Waals surface area contributed by atoms with Crippen molar-refractivity contribution in [2.24, 2.45) is 5.73 Å².